The second kappa shape index (κ2) is 5.65. The van der Waals surface area contributed by atoms with Crippen molar-refractivity contribution in [3.63, 3.8) is 0 Å². The maximum atomic E-state index is 11.0. The van der Waals surface area contributed by atoms with E-state index in [2.05, 4.69) is 17.0 Å². The third kappa shape index (κ3) is 2.65. The van der Waals surface area contributed by atoms with Crippen molar-refractivity contribution in [3.05, 3.63) is 41.5 Å². The topological polar surface area (TPSA) is 68.0 Å². The van der Waals surface area contributed by atoms with Gasteiger partial charge in [-0.15, -0.1) is 5.10 Å². The maximum Gasteiger partial charge on any atom is 0.375 e. The van der Waals surface area contributed by atoms with Crippen LogP contribution in [0.15, 0.2) is 24.3 Å². The van der Waals surface area contributed by atoms with Crippen molar-refractivity contribution in [2.45, 2.75) is 33.1 Å². The van der Waals surface area contributed by atoms with Gasteiger partial charge < -0.3 is 5.11 Å². The summed E-state index contributed by atoms with van der Waals surface area (Å²) in [6, 6.07) is 7.86. The fourth-order valence-electron chi connectivity index (χ4n) is 2.03. The minimum absolute atomic E-state index is 0.144. The number of nitrogens with zero attached hydrogens (tertiary/aromatic N) is 3. The van der Waals surface area contributed by atoms with Crippen LogP contribution in [0.2, 0.25) is 0 Å². The van der Waals surface area contributed by atoms with Gasteiger partial charge in [-0.1, -0.05) is 32.0 Å². The summed E-state index contributed by atoms with van der Waals surface area (Å²) in [5.74, 6) is -0.541. The van der Waals surface area contributed by atoms with Gasteiger partial charge in [-0.05, 0) is 24.5 Å². The molecule has 1 N–H and O–H groups in total. The van der Waals surface area contributed by atoms with Crippen LogP contribution >= 0.6 is 0 Å². The number of carboxylic acid groups (broad SMARTS) is 1. The first-order chi connectivity index (χ1) is 9.17. The number of aromatic nitrogens is 3. The summed E-state index contributed by atoms with van der Waals surface area (Å²) in [6.45, 7) is 4.10. The van der Waals surface area contributed by atoms with Crippen molar-refractivity contribution in [3.8, 4) is 5.69 Å². The highest BCUT2D eigenvalue weighted by molar-refractivity contribution is 5.83. The van der Waals surface area contributed by atoms with Gasteiger partial charge >= 0.3 is 5.97 Å². The first-order valence-electron chi connectivity index (χ1n) is 6.44. The fraction of sp³-hybridized carbons (Fsp3) is 0.357. The zero-order valence-corrected chi connectivity index (χ0v) is 11.1. The summed E-state index contributed by atoms with van der Waals surface area (Å²) in [6.07, 6.45) is 2.47. The Kier molecular flexibility index (Phi) is 3.94. The molecule has 1 aromatic carbocycles. The Hall–Kier alpha value is -2.17. The van der Waals surface area contributed by atoms with Crippen LogP contribution in [-0.2, 0) is 12.8 Å². The zero-order chi connectivity index (χ0) is 13.8. The van der Waals surface area contributed by atoms with E-state index in [0.29, 0.717) is 12.2 Å². The minimum atomic E-state index is -1.09. The van der Waals surface area contributed by atoms with E-state index in [-0.39, 0.29) is 5.82 Å². The molecule has 0 amide bonds. The molecule has 1 aromatic heterocycles. The lowest BCUT2D eigenvalue weighted by molar-refractivity contribution is 0.0683. The van der Waals surface area contributed by atoms with Gasteiger partial charge in [0.15, 0.2) is 0 Å². The lowest BCUT2D eigenvalue weighted by Gasteiger charge is -2.09. The summed E-state index contributed by atoms with van der Waals surface area (Å²) < 4.78 is 1.66. The van der Waals surface area contributed by atoms with E-state index in [1.807, 2.05) is 31.2 Å². The van der Waals surface area contributed by atoms with Crippen molar-refractivity contribution < 1.29 is 9.90 Å². The average Bonchev–Trinajstić information content (AvgIpc) is 2.83. The Morgan fingerprint density at radius 2 is 2.05 bits per heavy atom. The minimum Gasteiger partial charge on any atom is -0.475 e. The molecule has 0 aliphatic carbocycles. The van der Waals surface area contributed by atoms with Crippen LogP contribution in [0.1, 0.15) is 42.3 Å². The average molecular weight is 259 g/mol. The number of carbonyl (C=O) groups is 1. The monoisotopic (exact) mass is 259 g/mol. The van der Waals surface area contributed by atoms with Gasteiger partial charge in [0, 0.05) is 6.42 Å². The molecule has 19 heavy (non-hydrogen) atoms. The summed E-state index contributed by atoms with van der Waals surface area (Å²) in [4.78, 5) is 15.1. The molecule has 5 nitrogen and oxygen atoms in total. The number of rotatable bonds is 5. The predicted molar refractivity (Wildman–Crippen MR) is 71.7 cm³/mol. The van der Waals surface area contributed by atoms with E-state index < -0.39 is 5.97 Å². The number of carboxylic acids is 1. The summed E-state index contributed by atoms with van der Waals surface area (Å²) in [7, 11) is 0. The van der Waals surface area contributed by atoms with Crippen molar-refractivity contribution in [2.75, 3.05) is 0 Å². The predicted octanol–water partition coefficient (Wildman–Crippen LogP) is 2.48. The van der Waals surface area contributed by atoms with Gasteiger partial charge in [-0.2, -0.15) is 0 Å². The molecule has 1 heterocycles. The number of aromatic carboxylic acids is 1. The molecule has 0 spiro atoms. The molecule has 2 aromatic rings. The highest BCUT2D eigenvalue weighted by Gasteiger charge is 2.17. The second-order valence-corrected chi connectivity index (χ2v) is 4.30. The van der Waals surface area contributed by atoms with Gasteiger partial charge in [0.1, 0.15) is 5.82 Å². The molecule has 0 saturated heterocycles. The number of hydrogen-bond donors (Lipinski definition) is 1. The van der Waals surface area contributed by atoms with Crippen LogP contribution in [0.25, 0.3) is 5.69 Å². The number of para-hydroxylation sites is 1. The highest BCUT2D eigenvalue weighted by atomic mass is 16.4. The number of aryl methyl sites for hydroxylation is 2. The van der Waals surface area contributed by atoms with E-state index in [4.69, 9.17) is 5.11 Å². The molecule has 0 bridgehead atoms. The fourth-order valence-corrected chi connectivity index (χ4v) is 2.03. The standard InChI is InChI=1S/C14H17N3O2/c1-3-7-12-15-13(14(18)19)16-17(12)11-9-6-5-8-10(11)4-2/h5-6,8-9H,3-4,7H2,1-2H3,(H,18,19). The van der Waals surface area contributed by atoms with Crippen molar-refractivity contribution in [1.29, 1.82) is 0 Å². The zero-order valence-electron chi connectivity index (χ0n) is 11.1. The Balaban J connectivity index is 2.56. The number of benzene rings is 1. The molecule has 0 fully saturated rings. The van der Waals surface area contributed by atoms with E-state index in [0.717, 1.165) is 24.1 Å². The van der Waals surface area contributed by atoms with Gasteiger partial charge in [0.2, 0.25) is 0 Å². The molecule has 0 aliphatic rings. The lowest BCUT2D eigenvalue weighted by Crippen LogP contribution is -2.06. The molecule has 2 rings (SSSR count). The van der Waals surface area contributed by atoms with E-state index in [1.54, 1.807) is 4.68 Å². The van der Waals surface area contributed by atoms with Crippen LogP contribution in [0.3, 0.4) is 0 Å². The molecular formula is C14H17N3O2. The van der Waals surface area contributed by atoms with Gasteiger partial charge in [-0.3, -0.25) is 0 Å². The highest BCUT2D eigenvalue weighted by Crippen LogP contribution is 2.17. The quantitative estimate of drug-likeness (QED) is 0.895. The lowest BCUT2D eigenvalue weighted by atomic mass is 10.1. The Bertz CT molecular complexity index is 590. The van der Waals surface area contributed by atoms with Gasteiger partial charge in [-0.25, -0.2) is 14.5 Å². The van der Waals surface area contributed by atoms with Crippen LogP contribution in [0.4, 0.5) is 0 Å². The normalized spacial score (nSPS) is 10.6. The Morgan fingerprint density at radius 1 is 1.32 bits per heavy atom. The van der Waals surface area contributed by atoms with E-state index in [9.17, 15) is 4.79 Å². The van der Waals surface area contributed by atoms with Crippen LogP contribution in [0.5, 0.6) is 0 Å². The van der Waals surface area contributed by atoms with E-state index in [1.165, 1.54) is 0 Å². The molecular weight excluding hydrogens is 242 g/mol. The van der Waals surface area contributed by atoms with E-state index >= 15 is 0 Å². The Morgan fingerprint density at radius 3 is 2.68 bits per heavy atom. The van der Waals surface area contributed by atoms with Crippen molar-refractivity contribution in [2.24, 2.45) is 0 Å². The Labute approximate surface area is 111 Å². The summed E-state index contributed by atoms with van der Waals surface area (Å²) in [5.41, 5.74) is 2.04. The first-order valence-corrected chi connectivity index (χ1v) is 6.44. The summed E-state index contributed by atoms with van der Waals surface area (Å²) in [5, 5.41) is 13.1. The third-order valence-electron chi connectivity index (χ3n) is 2.94. The van der Waals surface area contributed by atoms with Gasteiger partial charge in [0.25, 0.3) is 5.82 Å². The van der Waals surface area contributed by atoms with Crippen LogP contribution < -0.4 is 0 Å². The molecule has 0 saturated carbocycles. The maximum absolute atomic E-state index is 11.0. The van der Waals surface area contributed by atoms with Crippen LogP contribution in [0, 0.1) is 0 Å². The van der Waals surface area contributed by atoms with Crippen molar-refractivity contribution in [1.82, 2.24) is 14.8 Å². The first kappa shape index (κ1) is 13.3. The molecule has 100 valence electrons. The largest absolute Gasteiger partial charge is 0.475 e. The smallest absolute Gasteiger partial charge is 0.375 e. The molecule has 0 unspecified atom stereocenters. The van der Waals surface area contributed by atoms with Crippen LogP contribution in [-0.4, -0.2) is 25.8 Å². The molecule has 0 radical (unpaired) electrons. The van der Waals surface area contributed by atoms with Crippen molar-refractivity contribution >= 4 is 5.97 Å². The second-order valence-electron chi connectivity index (χ2n) is 4.30. The van der Waals surface area contributed by atoms with Gasteiger partial charge in [0.05, 0.1) is 5.69 Å². The summed E-state index contributed by atoms with van der Waals surface area (Å²) >= 11 is 0. The molecule has 0 aliphatic heterocycles. The number of hydrogen-bond acceptors (Lipinski definition) is 3. The SMILES string of the molecule is CCCc1nc(C(=O)O)nn1-c1ccccc1CC. The molecule has 5 heteroatoms. The third-order valence-corrected chi connectivity index (χ3v) is 2.94. The molecule has 0 atom stereocenters.